The summed E-state index contributed by atoms with van der Waals surface area (Å²) in [6.07, 6.45) is 14.1. The quantitative estimate of drug-likeness (QED) is 0.0640. The van der Waals surface area contributed by atoms with Gasteiger partial charge >= 0.3 is 0 Å². The van der Waals surface area contributed by atoms with Gasteiger partial charge in [0.1, 0.15) is 5.84 Å². The van der Waals surface area contributed by atoms with Crippen molar-refractivity contribution < 1.29 is 4.74 Å². The second-order valence-corrected chi connectivity index (χ2v) is 9.27. The zero-order valence-corrected chi connectivity index (χ0v) is 22.5. The van der Waals surface area contributed by atoms with Crippen LogP contribution in [-0.4, -0.2) is 56.7 Å². The molecular weight excluding hydrogens is 454 g/mol. The third-order valence-corrected chi connectivity index (χ3v) is 6.66. The highest BCUT2D eigenvalue weighted by Gasteiger charge is 2.25. The lowest BCUT2D eigenvalue weighted by molar-refractivity contribution is 0.177. The lowest BCUT2D eigenvalue weighted by Gasteiger charge is -2.39. The first-order valence-electron chi connectivity index (χ1n) is 12.5. The molecule has 192 valence electrons. The molecule has 0 unspecified atom stereocenters. The third-order valence-electron chi connectivity index (χ3n) is 6.28. The van der Waals surface area contributed by atoms with E-state index in [0.29, 0.717) is 34.8 Å². The molecule has 7 heteroatoms. The number of rotatable bonds is 13. The number of hydrogen-bond acceptors (Lipinski definition) is 6. The summed E-state index contributed by atoms with van der Waals surface area (Å²) in [5.74, 6) is 0.336. The molecule has 4 N–H and O–H groups in total. The molecule has 0 aromatic heterocycles. The van der Waals surface area contributed by atoms with E-state index in [1.165, 1.54) is 5.57 Å². The number of nitrogen functional groups attached to an aromatic ring is 1. The van der Waals surface area contributed by atoms with Gasteiger partial charge in [-0.3, -0.25) is 0 Å². The average Bonchev–Trinajstić information content (AvgIpc) is 2.84. The maximum absolute atomic E-state index is 6.58. The SMILES string of the molecule is C=C/C=C(\S)C(N)=Nc1ccc(N(CC/C(=C/C)C/C=C\COCC)C2CCN(C)CC2)c(N)c1. The predicted molar refractivity (Wildman–Crippen MR) is 156 cm³/mol. The maximum Gasteiger partial charge on any atom is 0.137 e. The van der Waals surface area contributed by atoms with Crippen LogP contribution in [0.25, 0.3) is 0 Å². The van der Waals surface area contributed by atoms with Crippen molar-refractivity contribution in [1.82, 2.24) is 4.90 Å². The molecule has 2 rings (SSSR count). The number of thiol groups is 1. The molecular formula is C28H43N5OS. The molecule has 0 aliphatic carbocycles. The van der Waals surface area contributed by atoms with E-state index < -0.39 is 0 Å². The molecule has 1 aromatic carbocycles. The zero-order chi connectivity index (χ0) is 25.6. The van der Waals surface area contributed by atoms with Crippen LogP contribution in [0.4, 0.5) is 17.1 Å². The minimum absolute atomic E-state index is 0.336. The number of likely N-dealkylation sites (tertiary alicyclic amines) is 1. The monoisotopic (exact) mass is 497 g/mol. The number of nitrogens with zero attached hydrogens (tertiary/aromatic N) is 3. The Balaban J connectivity index is 2.21. The lowest BCUT2D eigenvalue weighted by atomic mass is 10.0. The standard InChI is InChI=1S/C28H43N5OS/c1-5-10-27(35)28(30)31-23-12-13-26(25(29)21-23)33(24-15-17-32(4)18-16-24)19-14-22(6-2)11-8-9-20-34-7-3/h5-6,8-10,12-13,21,24,35H,1,7,11,14-20,29H2,2-4H3,(H2,30,31)/b9-8-,22-6+,27-10-. The van der Waals surface area contributed by atoms with Gasteiger partial charge in [0, 0.05) is 24.1 Å². The highest BCUT2D eigenvalue weighted by atomic mass is 32.1. The van der Waals surface area contributed by atoms with Gasteiger partial charge in [-0.25, -0.2) is 4.99 Å². The smallest absolute Gasteiger partial charge is 0.137 e. The number of hydrogen-bond donors (Lipinski definition) is 3. The molecule has 0 radical (unpaired) electrons. The first-order valence-corrected chi connectivity index (χ1v) is 12.9. The van der Waals surface area contributed by atoms with Crippen molar-refractivity contribution in [2.75, 3.05) is 50.5 Å². The first-order chi connectivity index (χ1) is 16.9. The predicted octanol–water partition coefficient (Wildman–Crippen LogP) is 5.48. The Bertz CT molecular complexity index is 929. The normalized spacial score (nSPS) is 16.7. The van der Waals surface area contributed by atoms with Gasteiger partial charge in [0.05, 0.1) is 23.7 Å². The van der Waals surface area contributed by atoms with Crippen LogP contribution < -0.4 is 16.4 Å². The van der Waals surface area contributed by atoms with Crippen molar-refractivity contribution in [2.24, 2.45) is 10.7 Å². The van der Waals surface area contributed by atoms with Crippen LogP contribution in [0.5, 0.6) is 0 Å². The third kappa shape index (κ3) is 9.59. The Kier molecular flexibility index (Phi) is 12.7. The molecule has 0 spiro atoms. The number of benzene rings is 1. The van der Waals surface area contributed by atoms with Crippen LogP contribution >= 0.6 is 12.6 Å². The summed E-state index contributed by atoms with van der Waals surface area (Å²) in [5.41, 5.74) is 16.5. The van der Waals surface area contributed by atoms with E-state index in [0.717, 1.165) is 57.6 Å². The molecule has 6 nitrogen and oxygen atoms in total. The van der Waals surface area contributed by atoms with Crippen molar-refractivity contribution in [3.8, 4) is 0 Å². The number of piperidine rings is 1. The lowest BCUT2D eigenvalue weighted by Crippen LogP contribution is -2.44. The number of allylic oxidation sites excluding steroid dienone is 4. The molecule has 0 amide bonds. The molecule has 0 bridgehead atoms. The Morgan fingerprint density at radius 3 is 2.69 bits per heavy atom. The van der Waals surface area contributed by atoms with Gasteiger partial charge in [-0.2, -0.15) is 0 Å². The molecule has 1 heterocycles. The molecule has 0 atom stereocenters. The van der Waals surface area contributed by atoms with Crippen molar-refractivity contribution in [2.45, 2.75) is 45.6 Å². The van der Waals surface area contributed by atoms with E-state index in [1.807, 2.05) is 19.1 Å². The fourth-order valence-corrected chi connectivity index (χ4v) is 4.35. The minimum Gasteiger partial charge on any atom is -0.397 e. The fraction of sp³-hybridized carbons (Fsp3) is 0.464. The average molecular weight is 498 g/mol. The number of aliphatic imine (C=N–C) groups is 1. The summed E-state index contributed by atoms with van der Waals surface area (Å²) in [7, 11) is 2.19. The van der Waals surface area contributed by atoms with Gasteiger partial charge < -0.3 is 26.0 Å². The summed E-state index contributed by atoms with van der Waals surface area (Å²) in [6, 6.07) is 6.40. The van der Waals surface area contributed by atoms with Gasteiger partial charge in [-0.05, 0) is 83.9 Å². The molecule has 0 saturated carbocycles. The summed E-state index contributed by atoms with van der Waals surface area (Å²) in [5, 5.41) is 0. The van der Waals surface area contributed by atoms with Crippen LogP contribution in [0.1, 0.15) is 39.5 Å². The van der Waals surface area contributed by atoms with Crippen molar-refractivity contribution >= 4 is 35.5 Å². The molecule has 1 aliphatic heterocycles. The van der Waals surface area contributed by atoms with Crippen LogP contribution in [0.15, 0.2) is 70.6 Å². The van der Waals surface area contributed by atoms with E-state index in [2.05, 4.69) is 72.3 Å². The van der Waals surface area contributed by atoms with Gasteiger partial charge in [0.15, 0.2) is 0 Å². The Morgan fingerprint density at radius 2 is 2.06 bits per heavy atom. The number of nitrogens with two attached hydrogens (primary N) is 2. The van der Waals surface area contributed by atoms with Crippen LogP contribution in [0, 0.1) is 0 Å². The van der Waals surface area contributed by atoms with Gasteiger partial charge in [0.25, 0.3) is 0 Å². The largest absolute Gasteiger partial charge is 0.397 e. The number of ether oxygens (including phenoxy) is 1. The van der Waals surface area contributed by atoms with E-state index in [4.69, 9.17) is 16.2 Å². The number of amidine groups is 1. The van der Waals surface area contributed by atoms with Gasteiger partial charge in [-0.15, -0.1) is 12.6 Å². The van der Waals surface area contributed by atoms with Crippen LogP contribution in [0.2, 0.25) is 0 Å². The summed E-state index contributed by atoms with van der Waals surface area (Å²) >= 11 is 4.36. The first kappa shape index (κ1) is 28.8. The second kappa shape index (κ2) is 15.5. The van der Waals surface area contributed by atoms with Crippen LogP contribution in [0.3, 0.4) is 0 Å². The molecule has 1 saturated heterocycles. The highest BCUT2D eigenvalue weighted by Crippen LogP contribution is 2.32. The number of anilines is 2. The van der Waals surface area contributed by atoms with Crippen molar-refractivity contribution in [3.05, 3.63) is 65.6 Å². The highest BCUT2D eigenvalue weighted by molar-refractivity contribution is 7.85. The fourth-order valence-electron chi connectivity index (χ4n) is 4.19. The zero-order valence-electron chi connectivity index (χ0n) is 21.6. The van der Waals surface area contributed by atoms with E-state index in [9.17, 15) is 0 Å². The second-order valence-electron chi connectivity index (χ2n) is 8.79. The van der Waals surface area contributed by atoms with Crippen molar-refractivity contribution in [1.29, 1.82) is 0 Å². The summed E-state index contributed by atoms with van der Waals surface area (Å²) in [4.78, 5) is 9.94. The van der Waals surface area contributed by atoms with E-state index in [-0.39, 0.29) is 0 Å². The molecule has 1 fully saturated rings. The maximum atomic E-state index is 6.58. The van der Waals surface area contributed by atoms with Gasteiger partial charge in [0.2, 0.25) is 0 Å². The topological polar surface area (TPSA) is 80.1 Å². The molecule has 1 aliphatic rings. The van der Waals surface area contributed by atoms with E-state index >= 15 is 0 Å². The van der Waals surface area contributed by atoms with E-state index in [1.54, 1.807) is 12.2 Å². The summed E-state index contributed by atoms with van der Waals surface area (Å²) in [6.45, 7) is 12.3. The Morgan fingerprint density at radius 1 is 1.31 bits per heavy atom. The van der Waals surface area contributed by atoms with Crippen molar-refractivity contribution in [3.63, 3.8) is 0 Å². The Hall–Kier alpha value is -2.48. The Labute approximate surface area is 217 Å². The molecule has 35 heavy (non-hydrogen) atoms. The van der Waals surface area contributed by atoms with Crippen LogP contribution in [-0.2, 0) is 4.74 Å². The molecule has 1 aromatic rings. The summed E-state index contributed by atoms with van der Waals surface area (Å²) < 4.78 is 5.40. The van der Waals surface area contributed by atoms with Gasteiger partial charge in [-0.1, -0.05) is 36.5 Å². The minimum atomic E-state index is 0.336.